The smallest absolute Gasteiger partial charge is 0.228 e. The number of carbonyl (C=O) groups excluding carboxylic acids is 1. The molecule has 158 valence electrons. The molecule has 4 aliphatic carbocycles. The van der Waals surface area contributed by atoms with Crippen LogP contribution in [0, 0.1) is 11.3 Å². The lowest BCUT2D eigenvalue weighted by molar-refractivity contribution is -0.122. The first-order valence-electron chi connectivity index (χ1n) is 11.1. The normalized spacial score (nSPS) is 32.6. The highest BCUT2D eigenvalue weighted by molar-refractivity contribution is 7.81. The molecule has 0 unspecified atom stereocenters. The zero-order valence-electron chi connectivity index (χ0n) is 17.5. The number of halogens is 1. The molecule has 1 atom stereocenters. The molecule has 3 nitrogen and oxygen atoms in total. The molecule has 1 N–H and O–H groups in total. The second kappa shape index (κ2) is 7.37. The maximum Gasteiger partial charge on any atom is 0.228 e. The number of hydrogen-bond acceptors (Lipinski definition) is 3. The summed E-state index contributed by atoms with van der Waals surface area (Å²) in [5.74, 6) is 0.210. The summed E-state index contributed by atoms with van der Waals surface area (Å²) in [5.41, 5.74) is 5.43. The summed E-state index contributed by atoms with van der Waals surface area (Å²) in [5, 5.41) is 3.15. The Labute approximate surface area is 183 Å². The number of aromatic nitrogens is 1. The van der Waals surface area contributed by atoms with Crippen LogP contribution in [-0.4, -0.2) is 10.9 Å². The van der Waals surface area contributed by atoms with E-state index in [1.807, 2.05) is 12.3 Å². The highest BCUT2D eigenvalue weighted by Gasteiger charge is 2.60. The predicted molar refractivity (Wildman–Crippen MR) is 121 cm³/mol. The van der Waals surface area contributed by atoms with Crippen LogP contribution in [0.2, 0.25) is 0 Å². The number of nitrogens with one attached hydrogen (secondary N) is 1. The van der Waals surface area contributed by atoms with Crippen LogP contribution < -0.4 is 5.32 Å². The molecule has 1 heterocycles. The summed E-state index contributed by atoms with van der Waals surface area (Å²) in [7, 11) is 0. The minimum atomic E-state index is -0.276. The number of pyridine rings is 1. The minimum Gasteiger partial charge on any atom is -0.326 e. The molecule has 5 rings (SSSR count). The Morgan fingerprint density at radius 3 is 2.77 bits per heavy atom. The zero-order chi connectivity index (χ0) is 20.9. The number of hydrogen-bond donors (Lipinski definition) is 2. The number of allylic oxidation sites excluding steroid dienone is 4. The molecule has 2 fully saturated rings. The maximum atomic E-state index is 14.0. The lowest BCUT2D eigenvalue weighted by Gasteiger charge is -2.39. The van der Waals surface area contributed by atoms with Gasteiger partial charge in [0.2, 0.25) is 5.91 Å². The monoisotopic (exact) mass is 424 g/mol. The third kappa shape index (κ3) is 3.55. The van der Waals surface area contributed by atoms with Crippen molar-refractivity contribution in [2.75, 3.05) is 0 Å². The van der Waals surface area contributed by atoms with Gasteiger partial charge in [0.1, 0.15) is 5.83 Å². The molecular weight excluding hydrogens is 395 g/mol. The van der Waals surface area contributed by atoms with Gasteiger partial charge >= 0.3 is 0 Å². The van der Waals surface area contributed by atoms with Crippen molar-refractivity contribution >= 4 is 24.6 Å². The van der Waals surface area contributed by atoms with Crippen LogP contribution in [0.4, 0.5) is 4.39 Å². The lowest BCUT2D eigenvalue weighted by atomic mass is 9.73. The van der Waals surface area contributed by atoms with Gasteiger partial charge in [-0.15, -0.1) is 0 Å². The van der Waals surface area contributed by atoms with Gasteiger partial charge in [0, 0.05) is 40.2 Å². The fraction of sp³-hybridized carbons (Fsp3) is 0.520. The second-order valence-corrected chi connectivity index (χ2v) is 10.5. The molecule has 1 aromatic rings. The van der Waals surface area contributed by atoms with Gasteiger partial charge in [0.25, 0.3) is 0 Å². The molecule has 0 aromatic carbocycles. The number of carbonyl (C=O) groups is 1. The first-order chi connectivity index (χ1) is 14.4. The average molecular weight is 425 g/mol. The SMILES string of the molecule is CC1=CC(NC(=O)[C@H]2C[C@]23CC[C@](S)(c2ccnc4c2C=C(F)CC4)CC3)=CCC1. The molecule has 0 saturated heterocycles. The van der Waals surface area contributed by atoms with E-state index in [9.17, 15) is 9.18 Å². The van der Waals surface area contributed by atoms with E-state index < -0.39 is 0 Å². The van der Waals surface area contributed by atoms with Gasteiger partial charge in [-0.2, -0.15) is 12.6 Å². The van der Waals surface area contributed by atoms with Crippen LogP contribution in [0.25, 0.3) is 6.08 Å². The summed E-state index contributed by atoms with van der Waals surface area (Å²) in [6.07, 6.45) is 15.7. The Kier molecular flexibility index (Phi) is 4.92. The fourth-order valence-corrected chi connectivity index (χ4v) is 6.04. The van der Waals surface area contributed by atoms with Crippen molar-refractivity contribution in [2.24, 2.45) is 11.3 Å². The molecule has 2 saturated carbocycles. The average Bonchev–Trinajstić information content (AvgIpc) is 3.44. The molecule has 0 radical (unpaired) electrons. The number of thiol groups is 1. The van der Waals surface area contributed by atoms with E-state index in [0.29, 0.717) is 12.8 Å². The first kappa shape index (κ1) is 20.0. The first-order valence-corrected chi connectivity index (χ1v) is 11.6. The van der Waals surface area contributed by atoms with Crippen LogP contribution >= 0.6 is 12.6 Å². The van der Waals surface area contributed by atoms with Crippen LogP contribution in [-0.2, 0) is 16.0 Å². The molecular formula is C25H29FN2OS. The van der Waals surface area contributed by atoms with Crippen LogP contribution in [0.15, 0.2) is 41.5 Å². The van der Waals surface area contributed by atoms with E-state index in [2.05, 4.69) is 29.4 Å². The Balaban J connectivity index is 1.28. The second-order valence-electron chi connectivity index (χ2n) is 9.64. The third-order valence-corrected chi connectivity index (χ3v) is 8.32. The summed E-state index contributed by atoms with van der Waals surface area (Å²) in [6.45, 7) is 2.12. The molecule has 0 aliphatic heterocycles. The minimum absolute atomic E-state index is 0.0683. The van der Waals surface area contributed by atoms with Crippen molar-refractivity contribution in [2.45, 2.75) is 69.5 Å². The Bertz CT molecular complexity index is 985. The van der Waals surface area contributed by atoms with Crippen molar-refractivity contribution in [3.63, 3.8) is 0 Å². The number of fused-ring (bicyclic) bond motifs is 1. The quantitative estimate of drug-likeness (QED) is 0.604. The molecule has 4 aliphatic rings. The van der Waals surface area contributed by atoms with E-state index in [1.165, 1.54) is 5.57 Å². The standard InChI is InChI=1S/C25H29FN2OS/c1-16-3-2-4-18(13-16)28-23(29)21-15-24(21)8-10-25(30,11-9-24)20-7-12-27-22-6-5-17(26)14-19(20)22/h4,7,12-14,21,30H,2-3,5-6,8-11,15H2,1H3,(H,28,29)/t21-,24-,25-/m1/s1. The number of amides is 1. The van der Waals surface area contributed by atoms with Crippen molar-refractivity contribution < 1.29 is 9.18 Å². The topological polar surface area (TPSA) is 42.0 Å². The number of rotatable bonds is 3. The molecule has 0 bridgehead atoms. The summed E-state index contributed by atoms with van der Waals surface area (Å²) >= 11 is 5.11. The largest absolute Gasteiger partial charge is 0.326 e. The van der Waals surface area contributed by atoms with Crippen molar-refractivity contribution in [1.82, 2.24) is 10.3 Å². The summed E-state index contributed by atoms with van der Waals surface area (Å²) < 4.78 is 13.7. The molecule has 1 amide bonds. The predicted octanol–water partition coefficient (Wildman–Crippen LogP) is 5.78. The van der Waals surface area contributed by atoms with E-state index in [4.69, 9.17) is 12.6 Å². The Morgan fingerprint density at radius 2 is 2.00 bits per heavy atom. The number of aryl methyl sites for hydroxylation is 1. The van der Waals surface area contributed by atoms with Gasteiger partial charge in [-0.1, -0.05) is 11.6 Å². The fourth-order valence-electron chi connectivity index (χ4n) is 5.62. The van der Waals surface area contributed by atoms with Gasteiger partial charge in [0.15, 0.2) is 0 Å². The van der Waals surface area contributed by atoms with Crippen molar-refractivity contribution in [3.8, 4) is 0 Å². The van der Waals surface area contributed by atoms with E-state index in [-0.39, 0.29) is 27.8 Å². The van der Waals surface area contributed by atoms with Crippen molar-refractivity contribution in [1.29, 1.82) is 0 Å². The van der Waals surface area contributed by atoms with Crippen LogP contribution in [0.1, 0.15) is 75.1 Å². The zero-order valence-corrected chi connectivity index (χ0v) is 18.4. The summed E-state index contributed by atoms with van der Waals surface area (Å²) in [6, 6.07) is 2.01. The molecule has 5 heteroatoms. The van der Waals surface area contributed by atoms with Crippen molar-refractivity contribution in [3.05, 3.63) is 58.3 Å². The van der Waals surface area contributed by atoms with Gasteiger partial charge in [-0.3, -0.25) is 9.78 Å². The van der Waals surface area contributed by atoms with Gasteiger partial charge in [-0.05, 0) is 87.5 Å². The lowest BCUT2D eigenvalue weighted by Crippen LogP contribution is -2.32. The Morgan fingerprint density at radius 1 is 1.20 bits per heavy atom. The number of nitrogens with zero attached hydrogens (tertiary/aromatic N) is 1. The van der Waals surface area contributed by atoms with Gasteiger partial charge < -0.3 is 5.32 Å². The highest BCUT2D eigenvalue weighted by atomic mass is 32.1. The Hall–Kier alpha value is -1.88. The van der Waals surface area contributed by atoms with Gasteiger partial charge in [-0.25, -0.2) is 4.39 Å². The third-order valence-electron chi connectivity index (χ3n) is 7.63. The highest BCUT2D eigenvalue weighted by Crippen LogP contribution is 2.65. The van der Waals surface area contributed by atoms with E-state index in [1.54, 1.807) is 6.08 Å². The summed E-state index contributed by atoms with van der Waals surface area (Å²) in [4.78, 5) is 17.3. The van der Waals surface area contributed by atoms with E-state index in [0.717, 1.165) is 67.5 Å². The molecule has 1 aromatic heterocycles. The van der Waals surface area contributed by atoms with E-state index >= 15 is 0 Å². The molecule has 1 spiro atoms. The van der Waals surface area contributed by atoms with Crippen LogP contribution in [0.3, 0.4) is 0 Å². The van der Waals surface area contributed by atoms with Crippen LogP contribution in [0.5, 0.6) is 0 Å². The van der Waals surface area contributed by atoms with Gasteiger partial charge in [0.05, 0.1) is 0 Å². The maximum absolute atomic E-state index is 14.0. The molecule has 30 heavy (non-hydrogen) atoms.